The third-order valence-corrected chi connectivity index (χ3v) is 2.05. The lowest BCUT2D eigenvalue weighted by molar-refractivity contribution is -0.579. The molecule has 181 valence electrons. The Kier molecular flexibility index (Phi) is 7.31. The van der Waals surface area contributed by atoms with Gasteiger partial charge >= 0.3 is 49.1 Å². The molecular formula is C9H2F17O4. The number of ether oxygens (including phenoxy) is 4. The maximum Gasteiger partial charge on any atom is 0.527 e. The summed E-state index contributed by atoms with van der Waals surface area (Å²) in [7, 11) is 0. The maximum absolute atomic E-state index is 12.9. The van der Waals surface area contributed by atoms with Crippen LogP contribution in [0.3, 0.4) is 0 Å². The number of hydrogen-bond acceptors (Lipinski definition) is 4. The van der Waals surface area contributed by atoms with Crippen LogP contribution in [0.15, 0.2) is 0 Å². The van der Waals surface area contributed by atoms with Gasteiger partial charge in [0.2, 0.25) is 0 Å². The number of hydrogen-bond donors (Lipinski definition) is 0. The Morgan fingerprint density at radius 1 is 0.333 bits per heavy atom. The van der Waals surface area contributed by atoms with Crippen LogP contribution in [0.4, 0.5) is 74.6 Å². The summed E-state index contributed by atoms with van der Waals surface area (Å²) in [5.74, 6) is 0. The van der Waals surface area contributed by atoms with Gasteiger partial charge in [-0.25, -0.2) is 18.9 Å². The summed E-state index contributed by atoms with van der Waals surface area (Å²) in [5, 5.41) is 0. The zero-order chi connectivity index (χ0) is 24.8. The normalized spacial score (nSPS) is 16.2. The zero-order valence-electron chi connectivity index (χ0n) is 12.8. The average molecular weight is 497 g/mol. The first-order chi connectivity index (χ1) is 12.6. The molecule has 0 aromatic heterocycles. The lowest BCUT2D eigenvalue weighted by Crippen LogP contribution is -2.59. The highest BCUT2D eigenvalue weighted by Gasteiger charge is 2.77. The largest absolute Gasteiger partial charge is 0.527 e. The second kappa shape index (κ2) is 7.65. The molecule has 0 aliphatic heterocycles. The molecule has 0 amide bonds. The van der Waals surface area contributed by atoms with Crippen LogP contribution >= 0.6 is 0 Å². The highest BCUT2D eigenvalue weighted by molar-refractivity contribution is 4.79. The molecule has 0 heterocycles. The summed E-state index contributed by atoms with van der Waals surface area (Å²) in [6, 6.07) is 0. The molecule has 0 bridgehead atoms. The van der Waals surface area contributed by atoms with E-state index in [2.05, 4.69) is 0 Å². The first-order valence-electron chi connectivity index (χ1n) is 5.95. The third kappa shape index (κ3) is 7.11. The summed E-state index contributed by atoms with van der Waals surface area (Å²) in [6.07, 6.45) is -56.1. The van der Waals surface area contributed by atoms with Crippen molar-refractivity contribution in [1.29, 1.82) is 0 Å². The van der Waals surface area contributed by atoms with Gasteiger partial charge < -0.3 is 0 Å². The van der Waals surface area contributed by atoms with Crippen molar-refractivity contribution in [2.24, 2.45) is 0 Å². The van der Waals surface area contributed by atoms with E-state index >= 15 is 0 Å². The molecule has 1 radical (unpaired) electrons. The van der Waals surface area contributed by atoms with Gasteiger partial charge in [0.15, 0.2) is 0 Å². The fourth-order valence-corrected chi connectivity index (χ4v) is 1.01. The molecule has 0 N–H and O–H groups in total. The van der Waals surface area contributed by atoms with Crippen LogP contribution in [0.5, 0.6) is 0 Å². The number of rotatable bonds is 10. The molecule has 0 unspecified atom stereocenters. The molecule has 30 heavy (non-hydrogen) atoms. The Labute approximate surface area is 151 Å². The molecule has 21 heteroatoms. The molecular weight excluding hydrogens is 495 g/mol. The van der Waals surface area contributed by atoms with Crippen LogP contribution in [0.25, 0.3) is 0 Å². The van der Waals surface area contributed by atoms with Crippen molar-refractivity contribution >= 4 is 0 Å². The lowest BCUT2D eigenvalue weighted by atomic mass is 10.5. The van der Waals surface area contributed by atoms with Crippen LogP contribution in [-0.4, -0.2) is 49.1 Å². The number of alkyl halides is 17. The van der Waals surface area contributed by atoms with E-state index in [4.69, 9.17) is 0 Å². The van der Waals surface area contributed by atoms with Gasteiger partial charge in [0.1, 0.15) is 0 Å². The molecule has 0 aromatic carbocycles. The van der Waals surface area contributed by atoms with Gasteiger partial charge in [-0.1, -0.05) is 0 Å². The van der Waals surface area contributed by atoms with Gasteiger partial charge in [0.25, 0.3) is 0 Å². The topological polar surface area (TPSA) is 36.9 Å². The van der Waals surface area contributed by atoms with Gasteiger partial charge in [-0.2, -0.15) is 61.5 Å². The highest BCUT2D eigenvalue weighted by Crippen LogP contribution is 2.51. The monoisotopic (exact) mass is 497 g/mol. The third-order valence-electron chi connectivity index (χ3n) is 2.05. The van der Waals surface area contributed by atoms with Crippen molar-refractivity contribution in [2.45, 2.75) is 49.1 Å². The number of halogens is 17. The Morgan fingerprint density at radius 2 is 0.533 bits per heavy atom. The van der Waals surface area contributed by atoms with E-state index in [-0.39, 0.29) is 0 Å². The smallest absolute Gasteiger partial charge is 0.248 e. The van der Waals surface area contributed by atoms with E-state index < -0.39 is 49.1 Å². The molecule has 0 aliphatic rings. The Balaban J connectivity index is 5.77. The molecule has 0 aromatic rings. The van der Waals surface area contributed by atoms with Crippen molar-refractivity contribution in [2.75, 3.05) is 0 Å². The van der Waals surface area contributed by atoms with E-state index in [9.17, 15) is 74.6 Å². The molecule has 0 spiro atoms. The van der Waals surface area contributed by atoms with Gasteiger partial charge in [-0.3, -0.25) is 0 Å². The van der Waals surface area contributed by atoms with E-state index in [0.717, 1.165) is 0 Å². The highest BCUT2D eigenvalue weighted by atomic mass is 19.4. The van der Waals surface area contributed by atoms with Gasteiger partial charge in [-0.15, -0.1) is 13.2 Å². The fraction of sp³-hybridized carbons (Fsp3) is 0.889. The fourth-order valence-electron chi connectivity index (χ4n) is 1.01. The molecule has 0 fully saturated rings. The van der Waals surface area contributed by atoms with Crippen molar-refractivity contribution in [3.05, 3.63) is 6.92 Å². The quantitative estimate of drug-likeness (QED) is 0.371. The van der Waals surface area contributed by atoms with Gasteiger partial charge in [0.05, 0.1) is 0 Å². The van der Waals surface area contributed by atoms with Crippen LogP contribution in [0.2, 0.25) is 0 Å². The molecule has 0 aliphatic carbocycles. The van der Waals surface area contributed by atoms with E-state index in [1.807, 2.05) is 4.74 Å². The van der Waals surface area contributed by atoms with Crippen molar-refractivity contribution < 1.29 is 93.6 Å². The second-order valence-electron chi connectivity index (χ2n) is 4.59. The van der Waals surface area contributed by atoms with E-state index in [1.165, 1.54) is 21.1 Å². The van der Waals surface area contributed by atoms with Crippen molar-refractivity contribution in [3.8, 4) is 0 Å². The van der Waals surface area contributed by atoms with Crippen LogP contribution < -0.4 is 0 Å². The van der Waals surface area contributed by atoms with E-state index in [0.29, 0.717) is 0 Å². The molecule has 0 saturated heterocycles. The lowest BCUT2D eigenvalue weighted by Gasteiger charge is -2.34. The summed E-state index contributed by atoms with van der Waals surface area (Å²) in [4.78, 5) is 0. The Morgan fingerprint density at radius 3 is 0.733 bits per heavy atom. The minimum Gasteiger partial charge on any atom is -0.248 e. The summed E-state index contributed by atoms with van der Waals surface area (Å²) in [6.45, 7) is 1.35. The first-order valence-corrected chi connectivity index (χ1v) is 5.95. The van der Waals surface area contributed by atoms with Crippen molar-refractivity contribution in [1.82, 2.24) is 0 Å². The Bertz CT molecular complexity index is 539. The summed E-state index contributed by atoms with van der Waals surface area (Å²) >= 11 is 0. The summed E-state index contributed by atoms with van der Waals surface area (Å²) < 4.78 is 218. The predicted octanol–water partition coefficient (Wildman–Crippen LogP) is 5.56. The first kappa shape index (κ1) is 28.6. The summed E-state index contributed by atoms with van der Waals surface area (Å²) in [5.41, 5.74) is 0. The standard InChI is InChI=1S/C9H2F17O4/c1-2(10,11)27-3(12,13)4(14,15)28-5(16,17)6(18,19)29-7(20,21)8(22,23)30-9(24,25)26/h1H2. The van der Waals surface area contributed by atoms with Crippen LogP contribution in [0.1, 0.15) is 0 Å². The SMILES string of the molecule is [CH2]C(F)(F)OC(F)(F)C(F)(F)OC(F)(F)C(F)(F)OC(F)(F)C(F)(F)OC(F)(F)F. The molecule has 0 atom stereocenters. The molecule has 0 rings (SSSR count). The zero-order valence-corrected chi connectivity index (χ0v) is 12.8. The molecule has 0 saturated carbocycles. The minimum atomic E-state index is -7.54. The second-order valence-corrected chi connectivity index (χ2v) is 4.59. The van der Waals surface area contributed by atoms with E-state index in [1.54, 1.807) is 0 Å². The Hall–Kier alpha value is -1.35. The van der Waals surface area contributed by atoms with Gasteiger partial charge in [-0.05, 0) is 0 Å². The minimum absolute atomic E-state index is 1.35. The van der Waals surface area contributed by atoms with Gasteiger partial charge in [0, 0.05) is 6.92 Å². The predicted molar refractivity (Wildman–Crippen MR) is 50.4 cm³/mol. The molecule has 4 nitrogen and oxygen atoms in total. The van der Waals surface area contributed by atoms with Crippen molar-refractivity contribution in [3.63, 3.8) is 0 Å². The van der Waals surface area contributed by atoms with Crippen LogP contribution in [0, 0.1) is 6.92 Å². The van der Waals surface area contributed by atoms with Crippen LogP contribution in [-0.2, 0) is 18.9 Å². The maximum atomic E-state index is 12.9. The average Bonchev–Trinajstić information content (AvgIpc) is 2.28.